The van der Waals surface area contributed by atoms with Crippen molar-refractivity contribution in [2.45, 2.75) is 39.8 Å². The van der Waals surface area contributed by atoms with Crippen molar-refractivity contribution in [3.63, 3.8) is 0 Å². The predicted octanol–water partition coefficient (Wildman–Crippen LogP) is 3.45. The van der Waals surface area contributed by atoms with Crippen molar-refractivity contribution in [1.29, 1.82) is 0 Å². The molecular weight excluding hydrogens is 323 g/mol. The Labute approximate surface area is 157 Å². The Hall–Kier alpha value is -1.98. The van der Waals surface area contributed by atoms with Crippen LogP contribution in [-0.4, -0.2) is 26.4 Å². The summed E-state index contributed by atoms with van der Waals surface area (Å²) < 4.78 is 12.2. The number of benzene rings is 2. The standard InChI is InChI=1S/C21H29BN2O2/c1-20(2)15-25-22(26-21(20,3)4)17-11-12-19(18(23)13-17)24(5)14-16-9-7-6-8-10-16/h6-13H,14-15,23H2,1-5H3. The molecule has 0 saturated carbocycles. The van der Waals surface area contributed by atoms with Crippen LogP contribution in [0.2, 0.25) is 0 Å². The lowest BCUT2D eigenvalue weighted by Gasteiger charge is -2.47. The highest BCUT2D eigenvalue weighted by Crippen LogP contribution is 2.38. The minimum absolute atomic E-state index is 0.0368. The van der Waals surface area contributed by atoms with E-state index < -0.39 is 0 Å². The molecule has 0 unspecified atom stereocenters. The van der Waals surface area contributed by atoms with Crippen molar-refractivity contribution in [3.8, 4) is 0 Å². The van der Waals surface area contributed by atoms with Gasteiger partial charge in [0.15, 0.2) is 0 Å². The van der Waals surface area contributed by atoms with Gasteiger partial charge in [-0.15, -0.1) is 0 Å². The second kappa shape index (κ2) is 6.97. The average molecular weight is 352 g/mol. The summed E-state index contributed by atoms with van der Waals surface area (Å²) in [6, 6.07) is 16.4. The summed E-state index contributed by atoms with van der Waals surface area (Å²) in [5.41, 5.74) is 10.00. The van der Waals surface area contributed by atoms with E-state index >= 15 is 0 Å². The van der Waals surface area contributed by atoms with Crippen molar-refractivity contribution >= 4 is 24.0 Å². The number of nitrogen functional groups attached to an aromatic ring is 1. The van der Waals surface area contributed by atoms with Gasteiger partial charge >= 0.3 is 7.12 Å². The number of rotatable bonds is 4. The zero-order chi connectivity index (χ0) is 18.9. The highest BCUT2D eigenvalue weighted by Gasteiger charge is 2.46. The summed E-state index contributed by atoms with van der Waals surface area (Å²) in [5.74, 6) is 0. The number of nitrogens with two attached hydrogens (primary N) is 1. The molecule has 1 saturated heterocycles. The largest absolute Gasteiger partial charge is 0.494 e. The minimum Gasteiger partial charge on any atom is -0.407 e. The number of hydrogen-bond donors (Lipinski definition) is 1. The van der Waals surface area contributed by atoms with E-state index in [0.29, 0.717) is 6.61 Å². The van der Waals surface area contributed by atoms with Crippen LogP contribution in [0.5, 0.6) is 0 Å². The summed E-state index contributed by atoms with van der Waals surface area (Å²) in [7, 11) is 1.67. The van der Waals surface area contributed by atoms with Crippen molar-refractivity contribution in [1.82, 2.24) is 0 Å². The topological polar surface area (TPSA) is 47.7 Å². The van der Waals surface area contributed by atoms with Crippen LogP contribution in [0, 0.1) is 5.41 Å². The van der Waals surface area contributed by atoms with E-state index in [1.807, 2.05) is 24.3 Å². The molecule has 0 aliphatic carbocycles. The van der Waals surface area contributed by atoms with Gasteiger partial charge in [-0.25, -0.2) is 0 Å². The monoisotopic (exact) mass is 352 g/mol. The Bertz CT molecular complexity index is 762. The highest BCUT2D eigenvalue weighted by atomic mass is 16.6. The summed E-state index contributed by atoms with van der Waals surface area (Å²) in [6.45, 7) is 10.0. The van der Waals surface area contributed by atoms with Gasteiger partial charge in [-0.1, -0.05) is 50.2 Å². The molecule has 0 aromatic heterocycles. The van der Waals surface area contributed by atoms with Gasteiger partial charge in [-0.3, -0.25) is 0 Å². The lowest BCUT2D eigenvalue weighted by Crippen LogP contribution is -2.58. The maximum absolute atomic E-state index is 6.35. The van der Waals surface area contributed by atoms with Gasteiger partial charge in [0.05, 0.1) is 17.0 Å². The van der Waals surface area contributed by atoms with Gasteiger partial charge in [0.1, 0.15) is 0 Å². The molecule has 1 aliphatic heterocycles. The van der Waals surface area contributed by atoms with Crippen LogP contribution in [0.4, 0.5) is 11.4 Å². The van der Waals surface area contributed by atoms with E-state index in [0.717, 1.165) is 23.4 Å². The van der Waals surface area contributed by atoms with Crippen molar-refractivity contribution in [2.75, 3.05) is 24.3 Å². The SMILES string of the molecule is CN(Cc1ccccc1)c1ccc(B2OCC(C)(C)C(C)(C)O2)cc1N. The normalized spacial score (nSPS) is 18.6. The zero-order valence-corrected chi connectivity index (χ0v) is 16.5. The van der Waals surface area contributed by atoms with E-state index in [-0.39, 0.29) is 18.1 Å². The molecule has 1 fully saturated rings. The summed E-state index contributed by atoms with van der Waals surface area (Å²) in [6.07, 6.45) is 0. The van der Waals surface area contributed by atoms with Crippen molar-refractivity contribution < 1.29 is 9.31 Å². The molecule has 0 radical (unpaired) electrons. The smallest absolute Gasteiger partial charge is 0.407 e. The summed E-state index contributed by atoms with van der Waals surface area (Å²) in [5, 5.41) is 0. The molecule has 0 atom stereocenters. The Kier molecular flexibility index (Phi) is 5.04. The van der Waals surface area contributed by atoms with Gasteiger partial charge in [0.25, 0.3) is 0 Å². The van der Waals surface area contributed by atoms with E-state index in [1.54, 1.807) is 0 Å². The second-order valence-electron chi connectivity index (χ2n) is 8.31. The van der Waals surface area contributed by atoms with E-state index in [2.05, 4.69) is 63.9 Å². The number of anilines is 2. The van der Waals surface area contributed by atoms with Gasteiger partial charge in [0.2, 0.25) is 0 Å². The molecule has 0 spiro atoms. The lowest BCUT2D eigenvalue weighted by molar-refractivity contribution is -0.0937. The molecule has 2 aromatic rings. The molecule has 138 valence electrons. The average Bonchev–Trinajstić information content (AvgIpc) is 2.58. The Morgan fingerprint density at radius 2 is 1.77 bits per heavy atom. The number of nitrogens with zero attached hydrogens (tertiary/aromatic N) is 1. The first-order chi connectivity index (χ1) is 12.2. The molecule has 4 nitrogen and oxygen atoms in total. The minimum atomic E-state index is -0.381. The molecule has 2 aromatic carbocycles. The zero-order valence-electron chi connectivity index (χ0n) is 16.5. The van der Waals surface area contributed by atoms with Gasteiger partial charge in [-0.05, 0) is 37.0 Å². The Balaban J connectivity index is 1.76. The van der Waals surface area contributed by atoms with Crippen LogP contribution in [0.3, 0.4) is 0 Å². The van der Waals surface area contributed by atoms with Crippen LogP contribution >= 0.6 is 0 Å². The van der Waals surface area contributed by atoms with Gasteiger partial charge < -0.3 is 19.9 Å². The fraction of sp³-hybridized carbons (Fsp3) is 0.429. The highest BCUT2D eigenvalue weighted by molar-refractivity contribution is 6.61. The van der Waals surface area contributed by atoms with Crippen LogP contribution in [0.15, 0.2) is 48.5 Å². The first kappa shape index (κ1) is 18.8. The fourth-order valence-electron chi connectivity index (χ4n) is 3.09. The van der Waals surface area contributed by atoms with Crippen molar-refractivity contribution in [3.05, 3.63) is 54.1 Å². The molecule has 0 bridgehead atoms. The van der Waals surface area contributed by atoms with Crippen LogP contribution in [-0.2, 0) is 15.9 Å². The maximum atomic E-state index is 6.35. The van der Waals surface area contributed by atoms with E-state index in [4.69, 9.17) is 15.0 Å². The fourth-order valence-corrected chi connectivity index (χ4v) is 3.09. The molecule has 1 aliphatic rings. The molecule has 2 N–H and O–H groups in total. The quantitative estimate of drug-likeness (QED) is 0.676. The third kappa shape index (κ3) is 3.74. The predicted molar refractivity (Wildman–Crippen MR) is 110 cm³/mol. The first-order valence-electron chi connectivity index (χ1n) is 9.13. The van der Waals surface area contributed by atoms with E-state index in [1.165, 1.54) is 5.56 Å². The third-order valence-corrected chi connectivity index (χ3v) is 5.62. The Morgan fingerprint density at radius 1 is 1.08 bits per heavy atom. The van der Waals surface area contributed by atoms with Crippen molar-refractivity contribution in [2.24, 2.45) is 5.41 Å². The number of hydrogen-bond acceptors (Lipinski definition) is 4. The molecule has 1 heterocycles. The first-order valence-corrected chi connectivity index (χ1v) is 9.13. The second-order valence-corrected chi connectivity index (χ2v) is 8.31. The molecule has 3 rings (SSSR count). The maximum Gasteiger partial charge on any atom is 0.494 e. The molecule has 0 amide bonds. The molecule has 26 heavy (non-hydrogen) atoms. The van der Waals surface area contributed by atoms with Crippen LogP contribution < -0.4 is 16.1 Å². The van der Waals surface area contributed by atoms with Gasteiger partial charge in [0, 0.05) is 25.6 Å². The van der Waals surface area contributed by atoms with Crippen LogP contribution in [0.1, 0.15) is 33.3 Å². The molecule has 5 heteroatoms. The lowest BCUT2D eigenvalue weighted by atomic mass is 9.69. The summed E-state index contributed by atoms with van der Waals surface area (Å²) >= 11 is 0. The molecular formula is C21H29BN2O2. The van der Waals surface area contributed by atoms with E-state index in [9.17, 15) is 0 Å². The Morgan fingerprint density at radius 3 is 2.38 bits per heavy atom. The van der Waals surface area contributed by atoms with Crippen LogP contribution in [0.25, 0.3) is 0 Å². The third-order valence-electron chi connectivity index (χ3n) is 5.62. The van der Waals surface area contributed by atoms with Gasteiger partial charge in [-0.2, -0.15) is 0 Å². The summed E-state index contributed by atoms with van der Waals surface area (Å²) in [4.78, 5) is 2.16.